The predicted molar refractivity (Wildman–Crippen MR) is 73.5 cm³/mol. The van der Waals surface area contributed by atoms with E-state index in [1.165, 1.54) is 6.42 Å². The Hall–Kier alpha value is -1.55. The number of carbonyl (C=O) groups excluding carboxylic acids is 1. The van der Waals surface area contributed by atoms with E-state index in [0.717, 1.165) is 18.6 Å². The molecule has 104 valence electrons. The first-order chi connectivity index (χ1) is 9.20. The number of carbonyl (C=O) groups is 1. The van der Waals surface area contributed by atoms with Gasteiger partial charge in [0.15, 0.2) is 0 Å². The van der Waals surface area contributed by atoms with Crippen molar-refractivity contribution < 1.29 is 14.3 Å². The molecular formula is C15H21NO3. The highest BCUT2D eigenvalue weighted by atomic mass is 16.3. The molecule has 4 nitrogen and oxygen atoms in total. The minimum atomic E-state index is 0.00667. The second-order valence-corrected chi connectivity index (χ2v) is 4.98. The van der Waals surface area contributed by atoms with Gasteiger partial charge in [0.1, 0.15) is 11.5 Å². The molecule has 0 atom stereocenters. The number of furan rings is 1. The van der Waals surface area contributed by atoms with Gasteiger partial charge in [0.05, 0.1) is 0 Å². The van der Waals surface area contributed by atoms with E-state index in [0.29, 0.717) is 24.8 Å². The monoisotopic (exact) mass is 263 g/mol. The summed E-state index contributed by atoms with van der Waals surface area (Å²) in [5.41, 5.74) is 0. The van der Waals surface area contributed by atoms with Crippen molar-refractivity contribution in [3.8, 4) is 0 Å². The van der Waals surface area contributed by atoms with E-state index >= 15 is 0 Å². The minimum Gasteiger partial charge on any atom is -0.462 e. The number of nitrogens with zero attached hydrogens (tertiary/aromatic N) is 1. The Morgan fingerprint density at radius 2 is 2.32 bits per heavy atom. The van der Waals surface area contributed by atoms with Gasteiger partial charge < -0.3 is 14.4 Å². The highest BCUT2D eigenvalue weighted by molar-refractivity contribution is 5.91. The molecule has 1 aliphatic rings. The molecule has 1 aromatic rings. The Morgan fingerprint density at radius 3 is 2.84 bits per heavy atom. The number of hydrogen-bond donors (Lipinski definition) is 1. The molecule has 1 heterocycles. The fourth-order valence-electron chi connectivity index (χ4n) is 2.20. The third kappa shape index (κ3) is 3.70. The third-order valence-corrected chi connectivity index (χ3v) is 3.51. The van der Waals surface area contributed by atoms with Crippen LogP contribution in [0.3, 0.4) is 0 Å². The van der Waals surface area contributed by atoms with Crippen LogP contribution in [-0.2, 0) is 4.79 Å². The van der Waals surface area contributed by atoms with Crippen LogP contribution in [0.1, 0.15) is 37.2 Å². The maximum Gasteiger partial charge on any atom is 0.246 e. The SMILES string of the molecule is Cc1ccc(/C=C/C(=O)N(CCCO)C2CCC2)o1. The first kappa shape index (κ1) is 13.9. The fourth-order valence-corrected chi connectivity index (χ4v) is 2.20. The zero-order valence-corrected chi connectivity index (χ0v) is 11.3. The van der Waals surface area contributed by atoms with Crippen molar-refractivity contribution in [2.24, 2.45) is 0 Å². The minimum absolute atomic E-state index is 0.00667. The van der Waals surface area contributed by atoms with Crippen LogP contribution in [0.2, 0.25) is 0 Å². The Bertz CT molecular complexity index is 446. The molecule has 1 N–H and O–H groups in total. The number of hydrogen-bond acceptors (Lipinski definition) is 3. The van der Waals surface area contributed by atoms with Crippen molar-refractivity contribution in [1.82, 2.24) is 4.90 Å². The smallest absolute Gasteiger partial charge is 0.246 e. The van der Waals surface area contributed by atoms with Gasteiger partial charge in [-0.05, 0) is 50.8 Å². The third-order valence-electron chi connectivity index (χ3n) is 3.51. The molecule has 19 heavy (non-hydrogen) atoms. The van der Waals surface area contributed by atoms with Crippen molar-refractivity contribution >= 4 is 12.0 Å². The van der Waals surface area contributed by atoms with Crippen molar-refractivity contribution in [2.45, 2.75) is 38.6 Å². The molecular weight excluding hydrogens is 242 g/mol. The number of amides is 1. The van der Waals surface area contributed by atoms with E-state index in [2.05, 4.69) is 0 Å². The van der Waals surface area contributed by atoms with Crippen LogP contribution in [0.15, 0.2) is 22.6 Å². The van der Waals surface area contributed by atoms with Crippen molar-refractivity contribution in [1.29, 1.82) is 0 Å². The van der Waals surface area contributed by atoms with Crippen LogP contribution in [0.4, 0.5) is 0 Å². The summed E-state index contributed by atoms with van der Waals surface area (Å²) in [4.78, 5) is 14.0. The van der Waals surface area contributed by atoms with Gasteiger partial charge in [0.25, 0.3) is 0 Å². The summed E-state index contributed by atoms with van der Waals surface area (Å²) in [6.07, 6.45) is 7.24. The summed E-state index contributed by atoms with van der Waals surface area (Å²) in [7, 11) is 0. The molecule has 1 saturated carbocycles. The van der Waals surface area contributed by atoms with E-state index in [1.807, 2.05) is 24.0 Å². The normalized spacial score (nSPS) is 15.7. The summed E-state index contributed by atoms with van der Waals surface area (Å²) in [6, 6.07) is 4.07. The second-order valence-electron chi connectivity index (χ2n) is 4.98. The molecule has 0 saturated heterocycles. The highest BCUT2D eigenvalue weighted by Crippen LogP contribution is 2.25. The predicted octanol–water partition coefficient (Wildman–Crippen LogP) is 2.36. The average molecular weight is 263 g/mol. The van der Waals surface area contributed by atoms with Gasteiger partial charge in [-0.15, -0.1) is 0 Å². The summed E-state index contributed by atoms with van der Waals surface area (Å²) >= 11 is 0. The number of aryl methyl sites for hydroxylation is 1. The first-order valence-electron chi connectivity index (χ1n) is 6.86. The van der Waals surface area contributed by atoms with Gasteiger partial charge in [0, 0.05) is 25.3 Å². The van der Waals surface area contributed by atoms with E-state index in [4.69, 9.17) is 9.52 Å². The van der Waals surface area contributed by atoms with Crippen molar-refractivity contribution in [3.05, 3.63) is 29.7 Å². The second kappa shape index (κ2) is 6.57. The molecule has 1 fully saturated rings. The van der Waals surface area contributed by atoms with Gasteiger partial charge in [-0.25, -0.2) is 0 Å². The lowest BCUT2D eigenvalue weighted by molar-refractivity contribution is -0.130. The summed E-state index contributed by atoms with van der Waals surface area (Å²) in [5, 5.41) is 8.91. The van der Waals surface area contributed by atoms with E-state index in [1.54, 1.807) is 12.2 Å². The van der Waals surface area contributed by atoms with E-state index < -0.39 is 0 Å². The first-order valence-corrected chi connectivity index (χ1v) is 6.86. The van der Waals surface area contributed by atoms with Gasteiger partial charge in [-0.3, -0.25) is 4.79 Å². The van der Waals surface area contributed by atoms with Crippen molar-refractivity contribution in [2.75, 3.05) is 13.2 Å². The molecule has 0 aliphatic heterocycles. The molecule has 0 unspecified atom stereocenters. The quantitative estimate of drug-likeness (QED) is 0.802. The summed E-state index contributed by atoms with van der Waals surface area (Å²) < 4.78 is 5.40. The van der Waals surface area contributed by atoms with Crippen LogP contribution >= 0.6 is 0 Å². The van der Waals surface area contributed by atoms with Crippen LogP contribution in [0.5, 0.6) is 0 Å². The van der Waals surface area contributed by atoms with Crippen LogP contribution in [0.25, 0.3) is 6.08 Å². The van der Waals surface area contributed by atoms with Crippen LogP contribution in [-0.4, -0.2) is 35.1 Å². The van der Waals surface area contributed by atoms with Crippen LogP contribution < -0.4 is 0 Å². The van der Waals surface area contributed by atoms with Gasteiger partial charge >= 0.3 is 0 Å². The molecule has 1 amide bonds. The molecule has 1 aliphatic carbocycles. The van der Waals surface area contributed by atoms with Crippen LogP contribution in [0, 0.1) is 6.92 Å². The lowest BCUT2D eigenvalue weighted by Gasteiger charge is -2.37. The molecule has 0 aromatic carbocycles. The molecule has 0 spiro atoms. The molecule has 1 aromatic heterocycles. The number of aliphatic hydroxyl groups excluding tert-OH is 1. The van der Waals surface area contributed by atoms with Gasteiger partial charge in [-0.1, -0.05) is 0 Å². The Balaban J connectivity index is 1.96. The lowest BCUT2D eigenvalue weighted by Crippen LogP contribution is -2.44. The van der Waals surface area contributed by atoms with Gasteiger partial charge in [0.2, 0.25) is 5.91 Å². The van der Waals surface area contributed by atoms with E-state index in [-0.39, 0.29) is 12.5 Å². The maximum atomic E-state index is 12.2. The Kier molecular flexibility index (Phi) is 4.80. The molecule has 4 heteroatoms. The molecule has 0 bridgehead atoms. The van der Waals surface area contributed by atoms with Crippen molar-refractivity contribution in [3.63, 3.8) is 0 Å². The number of rotatable bonds is 6. The highest BCUT2D eigenvalue weighted by Gasteiger charge is 2.26. The average Bonchev–Trinajstić information content (AvgIpc) is 2.75. The molecule has 2 rings (SSSR count). The lowest BCUT2D eigenvalue weighted by atomic mass is 9.91. The summed E-state index contributed by atoms with van der Waals surface area (Å²) in [5.74, 6) is 1.54. The summed E-state index contributed by atoms with van der Waals surface area (Å²) in [6.45, 7) is 2.63. The van der Waals surface area contributed by atoms with Gasteiger partial charge in [-0.2, -0.15) is 0 Å². The largest absolute Gasteiger partial charge is 0.462 e. The Labute approximate surface area is 113 Å². The maximum absolute atomic E-state index is 12.2. The topological polar surface area (TPSA) is 53.7 Å². The fraction of sp³-hybridized carbons (Fsp3) is 0.533. The number of aliphatic hydroxyl groups is 1. The zero-order valence-electron chi connectivity index (χ0n) is 11.3. The standard InChI is InChI=1S/C15H21NO3/c1-12-6-7-14(19-12)8-9-15(18)16(10-3-11-17)13-4-2-5-13/h6-9,13,17H,2-5,10-11H2,1H3/b9-8+. The zero-order chi connectivity index (χ0) is 13.7. The van der Waals surface area contributed by atoms with E-state index in [9.17, 15) is 4.79 Å². The molecule has 0 radical (unpaired) electrons. The Morgan fingerprint density at radius 1 is 1.53 bits per heavy atom.